The van der Waals surface area contributed by atoms with E-state index in [-0.39, 0.29) is 36.9 Å². The number of rotatable bonds is 6. The number of carboxylic acids is 1. The van der Waals surface area contributed by atoms with Gasteiger partial charge in [-0.15, -0.1) is 5.10 Å². The fraction of sp³-hybridized carbons (Fsp3) is 0.545. The molecule has 1 heterocycles. The third-order valence-electron chi connectivity index (χ3n) is 2.39. The normalized spacial score (nSPS) is 10.5. The van der Waals surface area contributed by atoms with E-state index in [1.54, 1.807) is 13.8 Å². The lowest BCUT2D eigenvalue weighted by molar-refractivity contribution is -0.120. The molecule has 1 aromatic heterocycles. The van der Waals surface area contributed by atoms with Crippen LogP contribution in [0, 0.1) is 0 Å². The second kappa shape index (κ2) is 7.33. The van der Waals surface area contributed by atoms with Gasteiger partial charge in [0.05, 0.1) is 5.69 Å². The fourth-order valence-electron chi connectivity index (χ4n) is 1.61. The maximum Gasteiger partial charge on any atom is 0.358 e. The molecular weight excluding hydrogens is 280 g/mol. The summed E-state index contributed by atoms with van der Waals surface area (Å²) in [6.07, 6.45) is 0.208. The van der Waals surface area contributed by atoms with Gasteiger partial charge in [0.1, 0.15) is 6.54 Å². The largest absolute Gasteiger partial charge is 0.476 e. The molecule has 1 aromatic rings. The quantitative estimate of drug-likeness (QED) is 0.510. The number of hydrogen-bond acceptors (Lipinski definition) is 6. The molecule has 0 aliphatic carbocycles. The highest BCUT2D eigenvalue weighted by Gasteiger charge is 2.20. The Morgan fingerprint density at radius 2 is 2.05 bits per heavy atom. The predicted octanol–water partition coefficient (Wildman–Crippen LogP) is -1.29. The Morgan fingerprint density at radius 1 is 1.38 bits per heavy atom. The number of carbonyl (C=O) groups is 3. The van der Waals surface area contributed by atoms with Crippen LogP contribution < -0.4 is 16.4 Å². The molecule has 0 unspecified atom stereocenters. The first-order valence-corrected chi connectivity index (χ1v) is 6.31. The average Bonchev–Trinajstić information content (AvgIpc) is 2.71. The maximum atomic E-state index is 11.7. The Bertz CT molecular complexity index is 539. The van der Waals surface area contributed by atoms with Crippen molar-refractivity contribution in [1.29, 1.82) is 0 Å². The van der Waals surface area contributed by atoms with Crippen molar-refractivity contribution in [2.45, 2.75) is 32.9 Å². The van der Waals surface area contributed by atoms with Gasteiger partial charge in [-0.05, 0) is 20.4 Å². The lowest BCUT2D eigenvalue weighted by atomic mass is 10.2. The summed E-state index contributed by atoms with van der Waals surface area (Å²) >= 11 is 0. The zero-order valence-corrected chi connectivity index (χ0v) is 11.8. The number of imide groups is 1. The molecule has 0 aliphatic heterocycles. The van der Waals surface area contributed by atoms with Crippen LogP contribution in [-0.2, 0) is 17.8 Å². The second-order valence-corrected chi connectivity index (χ2v) is 4.56. The lowest BCUT2D eigenvalue weighted by Crippen LogP contribution is -2.43. The first-order valence-electron chi connectivity index (χ1n) is 6.31. The summed E-state index contributed by atoms with van der Waals surface area (Å²) in [6, 6.07) is -0.746. The highest BCUT2D eigenvalue weighted by Crippen LogP contribution is 2.06. The van der Waals surface area contributed by atoms with Crippen LogP contribution in [0.15, 0.2) is 0 Å². The van der Waals surface area contributed by atoms with E-state index in [2.05, 4.69) is 20.9 Å². The highest BCUT2D eigenvalue weighted by atomic mass is 16.4. The molecule has 0 bridgehead atoms. The lowest BCUT2D eigenvalue weighted by Gasteiger charge is -2.10. The number of nitrogens with two attached hydrogens (primary N) is 1. The molecule has 1 rings (SSSR count). The van der Waals surface area contributed by atoms with E-state index < -0.39 is 17.9 Å². The number of nitrogens with one attached hydrogen (secondary N) is 2. The number of carbonyl (C=O) groups excluding carboxylic acids is 2. The van der Waals surface area contributed by atoms with E-state index in [4.69, 9.17) is 10.8 Å². The van der Waals surface area contributed by atoms with Gasteiger partial charge in [0.15, 0.2) is 5.69 Å². The van der Waals surface area contributed by atoms with Crippen molar-refractivity contribution in [2.75, 3.05) is 6.54 Å². The van der Waals surface area contributed by atoms with Gasteiger partial charge < -0.3 is 16.2 Å². The SMILES string of the molecule is CC(C)NC(=O)NC(=O)Cn1nnc(C(=O)O)c1CCN. The molecular formula is C11H18N6O4. The molecule has 0 aromatic carbocycles. The molecule has 10 heteroatoms. The summed E-state index contributed by atoms with van der Waals surface area (Å²) < 4.78 is 1.12. The molecule has 3 amide bonds. The van der Waals surface area contributed by atoms with Crippen LogP contribution in [0.4, 0.5) is 4.79 Å². The van der Waals surface area contributed by atoms with E-state index in [1.165, 1.54) is 0 Å². The van der Waals surface area contributed by atoms with Crippen molar-refractivity contribution in [1.82, 2.24) is 25.6 Å². The second-order valence-electron chi connectivity index (χ2n) is 4.56. The van der Waals surface area contributed by atoms with Crippen molar-refractivity contribution in [3.8, 4) is 0 Å². The summed E-state index contributed by atoms with van der Waals surface area (Å²) in [5, 5.41) is 20.7. The van der Waals surface area contributed by atoms with Crippen LogP contribution in [0.25, 0.3) is 0 Å². The Kier molecular flexibility index (Phi) is 5.79. The summed E-state index contributed by atoms with van der Waals surface area (Å²) in [7, 11) is 0. The van der Waals surface area contributed by atoms with E-state index >= 15 is 0 Å². The average molecular weight is 298 g/mol. The van der Waals surface area contributed by atoms with Crippen LogP contribution in [0.2, 0.25) is 0 Å². The standard InChI is InChI=1S/C11H18N6O4/c1-6(2)13-11(21)14-8(18)5-17-7(3-4-12)9(10(19)20)15-16-17/h6H,3-5,12H2,1-2H3,(H,19,20)(H2,13,14,18,21). The highest BCUT2D eigenvalue weighted by molar-refractivity contribution is 5.94. The zero-order chi connectivity index (χ0) is 16.0. The van der Waals surface area contributed by atoms with Crippen LogP contribution >= 0.6 is 0 Å². The molecule has 0 saturated heterocycles. The number of amides is 3. The Labute approximate surface area is 120 Å². The van der Waals surface area contributed by atoms with E-state index in [0.717, 1.165) is 4.68 Å². The number of aromatic carboxylic acids is 1. The third-order valence-corrected chi connectivity index (χ3v) is 2.39. The fourth-order valence-corrected chi connectivity index (χ4v) is 1.61. The molecule has 116 valence electrons. The van der Waals surface area contributed by atoms with Gasteiger partial charge in [-0.25, -0.2) is 14.3 Å². The van der Waals surface area contributed by atoms with E-state index in [9.17, 15) is 14.4 Å². The van der Waals surface area contributed by atoms with Gasteiger partial charge in [0.25, 0.3) is 0 Å². The Balaban J connectivity index is 2.76. The van der Waals surface area contributed by atoms with Crippen LogP contribution in [-0.4, -0.2) is 50.6 Å². The smallest absolute Gasteiger partial charge is 0.358 e. The molecule has 0 radical (unpaired) electrons. The molecule has 0 aliphatic rings. The molecule has 10 nitrogen and oxygen atoms in total. The molecule has 0 spiro atoms. The summed E-state index contributed by atoms with van der Waals surface area (Å²) in [4.78, 5) is 34.0. The summed E-state index contributed by atoms with van der Waals surface area (Å²) in [5.41, 5.74) is 5.39. The number of hydrogen-bond donors (Lipinski definition) is 4. The van der Waals surface area contributed by atoms with Gasteiger partial charge in [-0.1, -0.05) is 5.21 Å². The van der Waals surface area contributed by atoms with Gasteiger partial charge in [0.2, 0.25) is 5.91 Å². The maximum absolute atomic E-state index is 11.7. The molecule has 5 N–H and O–H groups in total. The van der Waals surface area contributed by atoms with Gasteiger partial charge >= 0.3 is 12.0 Å². The van der Waals surface area contributed by atoms with Crippen molar-refractivity contribution in [2.24, 2.45) is 5.73 Å². The van der Waals surface area contributed by atoms with E-state index in [0.29, 0.717) is 0 Å². The minimum absolute atomic E-state index is 0.115. The topological polar surface area (TPSA) is 152 Å². The first kappa shape index (κ1) is 16.6. The first-order chi connectivity index (χ1) is 9.85. The minimum atomic E-state index is -1.25. The monoisotopic (exact) mass is 298 g/mol. The Hall–Kier alpha value is -2.49. The van der Waals surface area contributed by atoms with Crippen molar-refractivity contribution < 1.29 is 19.5 Å². The van der Waals surface area contributed by atoms with Crippen molar-refractivity contribution in [3.63, 3.8) is 0 Å². The number of carboxylic acid groups (broad SMARTS) is 1. The zero-order valence-electron chi connectivity index (χ0n) is 11.8. The van der Waals surface area contributed by atoms with Gasteiger partial charge in [0, 0.05) is 12.5 Å². The minimum Gasteiger partial charge on any atom is -0.476 e. The van der Waals surface area contributed by atoms with Crippen molar-refractivity contribution >= 4 is 17.9 Å². The molecule has 0 atom stereocenters. The summed E-state index contributed by atoms with van der Waals surface area (Å²) in [6.45, 7) is 3.37. The van der Waals surface area contributed by atoms with E-state index in [1.807, 2.05) is 0 Å². The predicted molar refractivity (Wildman–Crippen MR) is 71.6 cm³/mol. The molecule has 21 heavy (non-hydrogen) atoms. The van der Waals surface area contributed by atoms with Crippen LogP contribution in [0.3, 0.4) is 0 Å². The Morgan fingerprint density at radius 3 is 2.57 bits per heavy atom. The van der Waals surface area contributed by atoms with Crippen LogP contribution in [0.1, 0.15) is 30.0 Å². The molecule has 0 fully saturated rings. The number of aromatic nitrogens is 3. The third kappa shape index (κ3) is 4.84. The van der Waals surface area contributed by atoms with Crippen LogP contribution in [0.5, 0.6) is 0 Å². The van der Waals surface area contributed by atoms with Crippen molar-refractivity contribution in [3.05, 3.63) is 11.4 Å². The van der Waals surface area contributed by atoms with Gasteiger partial charge in [-0.2, -0.15) is 0 Å². The van der Waals surface area contributed by atoms with Gasteiger partial charge in [-0.3, -0.25) is 10.1 Å². The number of urea groups is 1. The molecule has 0 saturated carbocycles. The summed E-state index contributed by atoms with van der Waals surface area (Å²) in [5.74, 6) is -1.88. The number of nitrogens with zero attached hydrogens (tertiary/aromatic N) is 3.